The molecule has 3 heteroatoms. The summed E-state index contributed by atoms with van der Waals surface area (Å²) >= 11 is 0. The van der Waals surface area contributed by atoms with Gasteiger partial charge in [0, 0.05) is 6.42 Å². The number of unbranched alkanes of at least 4 members (excludes halogenated alkanes) is 5. The standard InChI is InChI=1S/C19H38O3/c1-7-8-9-13-16-19(5,6)22-21-17(20)14-11-10-12-15-18(2,3)4/h7-16H2,1-6H3. The fourth-order valence-corrected chi connectivity index (χ4v) is 2.32. The van der Waals surface area contributed by atoms with Crippen LogP contribution in [0.4, 0.5) is 0 Å². The Morgan fingerprint density at radius 3 is 2.00 bits per heavy atom. The largest absolute Gasteiger partial charge is 0.342 e. The fourth-order valence-electron chi connectivity index (χ4n) is 2.32. The minimum Gasteiger partial charge on any atom is -0.298 e. The van der Waals surface area contributed by atoms with Crippen LogP contribution in [0.15, 0.2) is 0 Å². The molecular formula is C19H38O3. The molecule has 3 nitrogen and oxygen atoms in total. The second-order valence-electron chi connectivity index (χ2n) is 8.23. The van der Waals surface area contributed by atoms with Crippen LogP contribution in [-0.2, 0) is 14.6 Å². The first-order valence-electron chi connectivity index (χ1n) is 9.05. The number of rotatable bonds is 12. The quantitative estimate of drug-likeness (QED) is 0.244. The van der Waals surface area contributed by atoms with Gasteiger partial charge in [0.25, 0.3) is 0 Å². The number of hydrogen-bond acceptors (Lipinski definition) is 3. The molecule has 132 valence electrons. The zero-order valence-corrected chi connectivity index (χ0v) is 15.8. The molecule has 0 saturated heterocycles. The van der Waals surface area contributed by atoms with Gasteiger partial charge in [0.1, 0.15) is 5.60 Å². The van der Waals surface area contributed by atoms with E-state index in [1.807, 2.05) is 13.8 Å². The van der Waals surface area contributed by atoms with E-state index in [2.05, 4.69) is 27.7 Å². The molecule has 0 saturated carbocycles. The topological polar surface area (TPSA) is 35.5 Å². The molecule has 0 aromatic carbocycles. The van der Waals surface area contributed by atoms with E-state index in [0.29, 0.717) is 11.8 Å². The highest BCUT2D eigenvalue weighted by Crippen LogP contribution is 2.23. The van der Waals surface area contributed by atoms with Gasteiger partial charge in [0.05, 0.1) is 0 Å². The summed E-state index contributed by atoms with van der Waals surface area (Å²) in [5, 5.41) is 0. The van der Waals surface area contributed by atoms with Crippen molar-refractivity contribution in [3.8, 4) is 0 Å². The SMILES string of the molecule is CCCCCCC(C)(C)OOC(=O)CCCCCC(C)(C)C. The highest BCUT2D eigenvalue weighted by atomic mass is 17.2. The van der Waals surface area contributed by atoms with Crippen LogP contribution in [0.2, 0.25) is 0 Å². The third kappa shape index (κ3) is 14.4. The summed E-state index contributed by atoms with van der Waals surface area (Å²) < 4.78 is 0. The molecule has 0 spiro atoms. The lowest BCUT2D eigenvalue weighted by atomic mass is 9.89. The smallest absolute Gasteiger partial charge is 0.298 e. The van der Waals surface area contributed by atoms with Crippen molar-refractivity contribution in [2.45, 2.75) is 111 Å². The van der Waals surface area contributed by atoms with E-state index in [1.165, 1.54) is 32.1 Å². The Morgan fingerprint density at radius 2 is 1.41 bits per heavy atom. The van der Waals surface area contributed by atoms with E-state index >= 15 is 0 Å². The molecule has 0 aromatic heterocycles. The van der Waals surface area contributed by atoms with Gasteiger partial charge in [-0.25, -0.2) is 4.79 Å². The molecule has 0 radical (unpaired) electrons. The number of hydrogen-bond donors (Lipinski definition) is 0. The zero-order chi connectivity index (χ0) is 17.1. The van der Waals surface area contributed by atoms with Crippen LogP contribution < -0.4 is 0 Å². The third-order valence-corrected chi connectivity index (χ3v) is 3.80. The average Bonchev–Trinajstić information content (AvgIpc) is 2.40. The molecule has 0 unspecified atom stereocenters. The molecule has 0 aliphatic heterocycles. The maximum Gasteiger partial charge on any atom is 0.342 e. The van der Waals surface area contributed by atoms with Gasteiger partial charge in [-0.15, -0.1) is 0 Å². The van der Waals surface area contributed by atoms with Crippen molar-refractivity contribution in [1.29, 1.82) is 0 Å². The second-order valence-corrected chi connectivity index (χ2v) is 8.23. The molecule has 0 rings (SSSR count). The summed E-state index contributed by atoms with van der Waals surface area (Å²) in [6, 6.07) is 0. The van der Waals surface area contributed by atoms with Gasteiger partial charge in [0.2, 0.25) is 0 Å². The molecular weight excluding hydrogens is 276 g/mol. The maximum absolute atomic E-state index is 11.7. The van der Waals surface area contributed by atoms with Gasteiger partial charge < -0.3 is 0 Å². The molecule has 0 heterocycles. The van der Waals surface area contributed by atoms with E-state index in [-0.39, 0.29) is 11.6 Å². The summed E-state index contributed by atoms with van der Waals surface area (Å²) in [5.41, 5.74) is 0.00105. The van der Waals surface area contributed by atoms with E-state index in [9.17, 15) is 4.79 Å². The van der Waals surface area contributed by atoms with Crippen molar-refractivity contribution >= 4 is 5.97 Å². The molecule has 0 aliphatic rings. The van der Waals surface area contributed by atoms with Crippen molar-refractivity contribution in [3.05, 3.63) is 0 Å². The molecule has 0 atom stereocenters. The first-order chi connectivity index (χ1) is 10.2. The van der Waals surface area contributed by atoms with Crippen molar-refractivity contribution < 1.29 is 14.6 Å². The molecule has 0 aromatic rings. The summed E-state index contributed by atoms with van der Waals surface area (Å²) in [7, 11) is 0. The van der Waals surface area contributed by atoms with E-state index in [4.69, 9.17) is 9.78 Å². The minimum atomic E-state index is -0.379. The van der Waals surface area contributed by atoms with Crippen LogP contribution >= 0.6 is 0 Å². The molecule has 0 N–H and O–H groups in total. The van der Waals surface area contributed by atoms with Crippen LogP contribution in [-0.4, -0.2) is 11.6 Å². The van der Waals surface area contributed by atoms with Crippen molar-refractivity contribution in [1.82, 2.24) is 0 Å². The van der Waals surface area contributed by atoms with Gasteiger partial charge >= 0.3 is 5.97 Å². The molecule has 22 heavy (non-hydrogen) atoms. The number of carbonyl (C=O) groups excluding carboxylic acids is 1. The summed E-state index contributed by atoms with van der Waals surface area (Å²) in [4.78, 5) is 22.0. The van der Waals surface area contributed by atoms with Gasteiger partial charge in [-0.1, -0.05) is 66.2 Å². The highest BCUT2D eigenvalue weighted by molar-refractivity contribution is 5.68. The Hall–Kier alpha value is -0.570. The van der Waals surface area contributed by atoms with E-state index in [1.54, 1.807) is 0 Å². The van der Waals surface area contributed by atoms with Gasteiger partial charge in [-0.2, -0.15) is 4.89 Å². The summed E-state index contributed by atoms with van der Waals surface area (Å²) in [5.74, 6) is -0.239. The van der Waals surface area contributed by atoms with Crippen molar-refractivity contribution in [2.24, 2.45) is 5.41 Å². The Balaban J connectivity index is 3.66. The van der Waals surface area contributed by atoms with Crippen LogP contribution in [0.3, 0.4) is 0 Å². The normalized spacial score (nSPS) is 12.5. The van der Waals surface area contributed by atoms with Gasteiger partial charge in [-0.3, -0.25) is 4.89 Å². The molecule has 0 aliphatic carbocycles. The summed E-state index contributed by atoms with van der Waals surface area (Å²) in [6.45, 7) is 12.9. The fraction of sp³-hybridized carbons (Fsp3) is 0.947. The third-order valence-electron chi connectivity index (χ3n) is 3.80. The maximum atomic E-state index is 11.7. The first-order valence-corrected chi connectivity index (χ1v) is 9.05. The van der Waals surface area contributed by atoms with Gasteiger partial charge in [-0.05, 0) is 38.5 Å². The van der Waals surface area contributed by atoms with Crippen molar-refractivity contribution in [2.75, 3.05) is 0 Å². The van der Waals surface area contributed by atoms with Crippen LogP contribution in [0.25, 0.3) is 0 Å². The lowest BCUT2D eigenvalue weighted by Gasteiger charge is -2.22. The summed E-state index contributed by atoms with van der Waals surface area (Å²) in [6.07, 6.45) is 10.5. The van der Waals surface area contributed by atoms with Crippen LogP contribution in [0, 0.1) is 5.41 Å². The van der Waals surface area contributed by atoms with Crippen LogP contribution in [0.5, 0.6) is 0 Å². The Labute approximate surface area is 138 Å². The zero-order valence-electron chi connectivity index (χ0n) is 15.8. The van der Waals surface area contributed by atoms with Gasteiger partial charge in [0.15, 0.2) is 0 Å². The van der Waals surface area contributed by atoms with E-state index < -0.39 is 0 Å². The Kier molecular flexibility index (Phi) is 10.8. The molecule has 0 bridgehead atoms. The predicted octanol–water partition coefficient (Wildman–Crippen LogP) is 6.21. The monoisotopic (exact) mass is 314 g/mol. The molecule has 0 fully saturated rings. The highest BCUT2D eigenvalue weighted by Gasteiger charge is 2.21. The average molecular weight is 315 g/mol. The van der Waals surface area contributed by atoms with Crippen molar-refractivity contribution in [3.63, 3.8) is 0 Å². The Morgan fingerprint density at radius 1 is 0.818 bits per heavy atom. The van der Waals surface area contributed by atoms with E-state index in [0.717, 1.165) is 25.7 Å². The Bertz CT molecular complexity index is 290. The number of carbonyl (C=O) groups is 1. The predicted molar refractivity (Wildman–Crippen MR) is 92.6 cm³/mol. The minimum absolute atomic E-state index is 0.239. The molecule has 0 amide bonds. The second kappa shape index (κ2) is 11.0. The lowest BCUT2D eigenvalue weighted by Crippen LogP contribution is -2.26. The van der Waals surface area contributed by atoms with Crippen LogP contribution in [0.1, 0.15) is 106 Å². The lowest BCUT2D eigenvalue weighted by molar-refractivity contribution is -0.326. The first kappa shape index (κ1) is 21.4.